The normalized spacial score (nSPS) is 12.2. The molecule has 4 rings (SSSR count). The maximum atomic E-state index is 12.5. The molecule has 156 valence electrons. The van der Waals surface area contributed by atoms with Gasteiger partial charge in [0.25, 0.3) is 11.5 Å². The van der Waals surface area contributed by atoms with E-state index in [2.05, 4.69) is 55.0 Å². The van der Waals surface area contributed by atoms with Gasteiger partial charge < -0.3 is 14.7 Å². The molecule has 0 radical (unpaired) electrons. The Kier molecular flexibility index (Phi) is 5.06. The van der Waals surface area contributed by atoms with Crippen molar-refractivity contribution in [2.45, 2.75) is 26.8 Å². The summed E-state index contributed by atoms with van der Waals surface area (Å²) in [5, 5.41) is 19.4. The van der Waals surface area contributed by atoms with Gasteiger partial charge in [-0.1, -0.05) is 29.8 Å². The summed E-state index contributed by atoms with van der Waals surface area (Å²) in [5.41, 5.74) is 0.381. The number of aromatic hydroxyl groups is 1. The molecule has 11 heteroatoms. The van der Waals surface area contributed by atoms with Crippen LogP contribution in [0, 0.1) is 5.92 Å². The van der Waals surface area contributed by atoms with E-state index >= 15 is 0 Å². The molecule has 4 aromatic rings. The van der Waals surface area contributed by atoms with Crippen molar-refractivity contribution in [3.8, 4) is 5.88 Å². The molecule has 3 N–H and O–H groups in total. The summed E-state index contributed by atoms with van der Waals surface area (Å²) in [5.74, 6) is 0.442. The Morgan fingerprint density at radius 3 is 2.73 bits per heavy atom. The molecular formula is C19H20BrN7O3. The van der Waals surface area contributed by atoms with Gasteiger partial charge in [0.2, 0.25) is 5.88 Å². The SMILES string of the molecule is CC(C)CCn1c(N=Nc2c(O)[nH]c3ccc(Br)cc23)nc2c1c(=O)[nH]c(=O)n2C. The zero-order chi connectivity index (χ0) is 21.6. The highest BCUT2D eigenvalue weighted by atomic mass is 79.9. The lowest BCUT2D eigenvalue weighted by Crippen LogP contribution is -2.29. The second-order valence-electron chi connectivity index (χ2n) is 7.45. The maximum absolute atomic E-state index is 12.5. The molecule has 0 atom stereocenters. The third-order valence-electron chi connectivity index (χ3n) is 4.87. The Labute approximate surface area is 178 Å². The van der Waals surface area contributed by atoms with Crippen molar-refractivity contribution in [2.75, 3.05) is 0 Å². The zero-order valence-electron chi connectivity index (χ0n) is 16.6. The molecule has 0 saturated heterocycles. The van der Waals surface area contributed by atoms with Gasteiger partial charge in [0.1, 0.15) is 0 Å². The number of hydrogen-bond donors (Lipinski definition) is 3. The minimum atomic E-state index is -0.552. The van der Waals surface area contributed by atoms with E-state index in [1.54, 1.807) is 4.57 Å². The molecule has 0 amide bonds. The molecule has 0 fully saturated rings. The number of nitrogens with one attached hydrogen (secondary N) is 2. The number of benzene rings is 1. The predicted molar refractivity (Wildman–Crippen MR) is 117 cm³/mol. The maximum Gasteiger partial charge on any atom is 0.329 e. The minimum absolute atomic E-state index is 0.123. The molecule has 0 aliphatic rings. The van der Waals surface area contributed by atoms with E-state index in [-0.39, 0.29) is 28.7 Å². The lowest BCUT2D eigenvalue weighted by molar-refractivity contribution is 0.459. The number of aromatic amines is 2. The van der Waals surface area contributed by atoms with Crippen LogP contribution < -0.4 is 11.2 Å². The molecule has 3 heterocycles. The summed E-state index contributed by atoms with van der Waals surface area (Å²) in [6, 6.07) is 5.47. The second kappa shape index (κ2) is 7.56. The van der Waals surface area contributed by atoms with Crippen LogP contribution in [0.3, 0.4) is 0 Å². The summed E-state index contributed by atoms with van der Waals surface area (Å²) in [6.45, 7) is 4.62. The third kappa shape index (κ3) is 3.45. The number of aromatic nitrogens is 5. The van der Waals surface area contributed by atoms with E-state index in [1.165, 1.54) is 11.6 Å². The van der Waals surface area contributed by atoms with Crippen LogP contribution in [-0.4, -0.2) is 29.2 Å². The fourth-order valence-electron chi connectivity index (χ4n) is 3.23. The Morgan fingerprint density at radius 2 is 2.00 bits per heavy atom. The number of imidazole rings is 1. The quantitative estimate of drug-likeness (QED) is 0.379. The summed E-state index contributed by atoms with van der Waals surface area (Å²) in [6.07, 6.45) is 0.779. The largest absolute Gasteiger partial charge is 0.493 e. The minimum Gasteiger partial charge on any atom is -0.493 e. The van der Waals surface area contributed by atoms with Crippen molar-refractivity contribution in [3.63, 3.8) is 0 Å². The number of H-pyrrole nitrogens is 2. The van der Waals surface area contributed by atoms with E-state index in [0.29, 0.717) is 23.4 Å². The van der Waals surface area contributed by atoms with Crippen LogP contribution in [0.1, 0.15) is 20.3 Å². The van der Waals surface area contributed by atoms with Crippen LogP contribution in [0.5, 0.6) is 5.88 Å². The first-order valence-corrected chi connectivity index (χ1v) is 10.2. The molecule has 10 nitrogen and oxygen atoms in total. The van der Waals surface area contributed by atoms with Crippen molar-refractivity contribution < 1.29 is 5.11 Å². The summed E-state index contributed by atoms with van der Waals surface area (Å²) in [4.78, 5) is 34.0. The molecular weight excluding hydrogens is 454 g/mol. The standard InChI is InChI=1S/C19H20BrN7O3/c1-9(2)6-7-27-14-15(26(3)19(30)23-17(14)29)22-18(27)25-24-13-11-8-10(20)4-5-12(11)21-16(13)28/h4-5,8-9,21,28H,6-7H2,1-3H3,(H,23,29,30). The average molecular weight is 474 g/mol. The van der Waals surface area contributed by atoms with Gasteiger partial charge in [-0.2, -0.15) is 4.98 Å². The first kappa shape index (κ1) is 20.1. The summed E-state index contributed by atoms with van der Waals surface area (Å²) in [7, 11) is 1.53. The summed E-state index contributed by atoms with van der Waals surface area (Å²) >= 11 is 3.41. The lowest BCUT2D eigenvalue weighted by Gasteiger charge is -2.08. The molecule has 0 aliphatic carbocycles. The number of nitrogens with zero attached hydrogens (tertiary/aromatic N) is 5. The highest BCUT2D eigenvalue weighted by Gasteiger charge is 2.18. The predicted octanol–water partition coefficient (Wildman–Crippen LogP) is 3.83. The van der Waals surface area contributed by atoms with Gasteiger partial charge >= 0.3 is 5.69 Å². The van der Waals surface area contributed by atoms with E-state index in [0.717, 1.165) is 10.9 Å². The van der Waals surface area contributed by atoms with E-state index in [1.807, 2.05) is 18.2 Å². The number of azo groups is 1. The van der Waals surface area contributed by atoms with Crippen LogP contribution in [0.2, 0.25) is 0 Å². The Balaban J connectivity index is 1.89. The molecule has 0 saturated carbocycles. The molecule has 30 heavy (non-hydrogen) atoms. The van der Waals surface area contributed by atoms with Gasteiger partial charge in [-0.05, 0) is 30.5 Å². The zero-order valence-corrected chi connectivity index (χ0v) is 18.2. The third-order valence-corrected chi connectivity index (χ3v) is 5.36. The van der Waals surface area contributed by atoms with Crippen molar-refractivity contribution in [1.29, 1.82) is 0 Å². The second-order valence-corrected chi connectivity index (χ2v) is 8.36. The van der Waals surface area contributed by atoms with Crippen molar-refractivity contribution in [2.24, 2.45) is 23.2 Å². The monoisotopic (exact) mass is 473 g/mol. The molecule has 0 spiro atoms. The van der Waals surface area contributed by atoms with Gasteiger partial charge in [0, 0.05) is 23.5 Å². The van der Waals surface area contributed by atoms with Gasteiger partial charge in [0.15, 0.2) is 16.9 Å². The van der Waals surface area contributed by atoms with Crippen LogP contribution in [0.4, 0.5) is 11.6 Å². The van der Waals surface area contributed by atoms with Crippen LogP contribution >= 0.6 is 15.9 Å². The van der Waals surface area contributed by atoms with Crippen LogP contribution in [-0.2, 0) is 13.6 Å². The highest BCUT2D eigenvalue weighted by molar-refractivity contribution is 9.10. The van der Waals surface area contributed by atoms with Gasteiger partial charge in [0.05, 0.1) is 5.52 Å². The molecule has 0 unspecified atom stereocenters. The first-order chi connectivity index (χ1) is 14.3. The number of rotatable bonds is 5. The van der Waals surface area contributed by atoms with Crippen molar-refractivity contribution >= 4 is 49.6 Å². The Hall–Kier alpha value is -3.21. The van der Waals surface area contributed by atoms with Gasteiger partial charge in [-0.25, -0.2) is 4.79 Å². The molecule has 0 aliphatic heterocycles. The smallest absolute Gasteiger partial charge is 0.329 e. The fraction of sp³-hybridized carbons (Fsp3) is 0.316. The summed E-state index contributed by atoms with van der Waals surface area (Å²) < 4.78 is 3.75. The van der Waals surface area contributed by atoms with Gasteiger partial charge in [-0.15, -0.1) is 10.2 Å². The molecule has 3 aromatic heterocycles. The van der Waals surface area contributed by atoms with E-state index in [4.69, 9.17) is 0 Å². The first-order valence-electron chi connectivity index (χ1n) is 9.37. The number of halogens is 1. The highest BCUT2D eigenvalue weighted by Crippen LogP contribution is 2.37. The average Bonchev–Trinajstić information content (AvgIpc) is 3.20. The topological polar surface area (TPSA) is 133 Å². The van der Waals surface area contributed by atoms with Gasteiger partial charge in [-0.3, -0.25) is 14.3 Å². The molecule has 0 bridgehead atoms. The number of fused-ring (bicyclic) bond motifs is 2. The number of hydrogen-bond acceptors (Lipinski definition) is 6. The molecule has 1 aromatic carbocycles. The van der Waals surface area contributed by atoms with Crippen LogP contribution in [0.15, 0.2) is 42.5 Å². The van der Waals surface area contributed by atoms with E-state index < -0.39 is 11.2 Å². The Bertz CT molecular complexity index is 1410. The Morgan fingerprint density at radius 1 is 1.23 bits per heavy atom. The van der Waals surface area contributed by atoms with Crippen molar-refractivity contribution in [1.82, 2.24) is 24.1 Å². The van der Waals surface area contributed by atoms with Crippen LogP contribution in [0.25, 0.3) is 22.1 Å². The van der Waals surface area contributed by atoms with Crippen molar-refractivity contribution in [3.05, 3.63) is 43.5 Å². The van der Waals surface area contributed by atoms with E-state index in [9.17, 15) is 14.7 Å². The number of aryl methyl sites for hydroxylation is 2. The lowest BCUT2D eigenvalue weighted by atomic mass is 10.1. The fourth-order valence-corrected chi connectivity index (χ4v) is 3.59.